The molecule has 2 nitrogen and oxygen atoms in total. The Morgan fingerprint density at radius 1 is 1.11 bits per heavy atom. The molecule has 0 fully saturated rings. The Morgan fingerprint density at radius 3 is 2.47 bits per heavy atom. The molecule has 0 radical (unpaired) electrons. The molecule has 19 heavy (non-hydrogen) atoms. The van der Waals surface area contributed by atoms with Gasteiger partial charge in [-0.1, -0.05) is 35.4 Å². The lowest BCUT2D eigenvalue weighted by Gasteiger charge is -2.08. The molecule has 0 aliphatic rings. The molecule has 0 aliphatic carbocycles. The second-order valence-electron chi connectivity index (χ2n) is 4.66. The lowest BCUT2D eigenvalue weighted by Crippen LogP contribution is -2.15. The molecule has 0 aliphatic heterocycles. The van der Waals surface area contributed by atoms with E-state index in [1.807, 2.05) is 19.9 Å². The third kappa shape index (κ3) is 3.83. The summed E-state index contributed by atoms with van der Waals surface area (Å²) in [5.74, 6) is -0.0176. The smallest absolute Gasteiger partial charge is 0.228 e. The lowest BCUT2D eigenvalue weighted by molar-refractivity contribution is -0.115. The molecule has 1 amide bonds. The van der Waals surface area contributed by atoms with Crippen LogP contribution in [0.15, 0.2) is 42.5 Å². The number of aryl methyl sites for hydroxylation is 2. The number of amides is 1. The van der Waals surface area contributed by atoms with Crippen molar-refractivity contribution < 1.29 is 4.79 Å². The fraction of sp³-hybridized carbons (Fsp3) is 0.188. The summed E-state index contributed by atoms with van der Waals surface area (Å²) in [5, 5.41) is 3.53. The van der Waals surface area contributed by atoms with Gasteiger partial charge in [-0.3, -0.25) is 4.79 Å². The normalized spacial score (nSPS) is 10.3. The van der Waals surface area contributed by atoms with E-state index in [2.05, 4.69) is 17.4 Å². The van der Waals surface area contributed by atoms with Crippen molar-refractivity contribution in [1.29, 1.82) is 0 Å². The van der Waals surface area contributed by atoms with Crippen LogP contribution in [-0.4, -0.2) is 5.91 Å². The molecule has 0 saturated carbocycles. The first-order valence-corrected chi connectivity index (χ1v) is 6.54. The molecule has 2 rings (SSSR count). The van der Waals surface area contributed by atoms with Gasteiger partial charge in [0.15, 0.2) is 0 Å². The van der Waals surface area contributed by atoms with Gasteiger partial charge in [-0.25, -0.2) is 0 Å². The van der Waals surface area contributed by atoms with E-state index in [0.29, 0.717) is 11.4 Å². The van der Waals surface area contributed by atoms with E-state index in [9.17, 15) is 4.79 Å². The van der Waals surface area contributed by atoms with E-state index in [-0.39, 0.29) is 5.91 Å². The SMILES string of the molecule is Cc1ccc(C)c(CC(=O)Nc2ccc(Cl)cc2)c1. The van der Waals surface area contributed by atoms with Crippen LogP contribution in [-0.2, 0) is 11.2 Å². The van der Waals surface area contributed by atoms with Crippen molar-refractivity contribution in [2.75, 3.05) is 5.32 Å². The maximum Gasteiger partial charge on any atom is 0.228 e. The summed E-state index contributed by atoms with van der Waals surface area (Å²) in [7, 11) is 0. The Labute approximate surface area is 118 Å². The fourth-order valence-corrected chi connectivity index (χ4v) is 2.03. The van der Waals surface area contributed by atoms with E-state index in [1.54, 1.807) is 24.3 Å². The summed E-state index contributed by atoms with van der Waals surface area (Å²) in [4.78, 5) is 12.0. The lowest BCUT2D eigenvalue weighted by atomic mass is 10.0. The van der Waals surface area contributed by atoms with Crippen molar-refractivity contribution in [3.05, 3.63) is 64.2 Å². The first kappa shape index (κ1) is 13.6. The first-order valence-electron chi connectivity index (χ1n) is 6.16. The van der Waals surface area contributed by atoms with Crippen molar-refractivity contribution in [2.24, 2.45) is 0 Å². The van der Waals surface area contributed by atoms with Crippen LogP contribution in [0.4, 0.5) is 5.69 Å². The summed E-state index contributed by atoms with van der Waals surface area (Å²) in [5.41, 5.74) is 4.13. The Bertz CT molecular complexity index is 590. The molecule has 0 saturated heterocycles. The van der Waals surface area contributed by atoms with Gasteiger partial charge >= 0.3 is 0 Å². The van der Waals surface area contributed by atoms with Gasteiger partial charge in [0.25, 0.3) is 0 Å². The van der Waals surface area contributed by atoms with Crippen molar-refractivity contribution in [3.8, 4) is 0 Å². The van der Waals surface area contributed by atoms with Gasteiger partial charge in [0, 0.05) is 10.7 Å². The Hall–Kier alpha value is -1.80. The van der Waals surface area contributed by atoms with Gasteiger partial charge in [-0.15, -0.1) is 0 Å². The maximum absolute atomic E-state index is 12.0. The minimum Gasteiger partial charge on any atom is -0.326 e. The standard InChI is InChI=1S/C16H16ClNO/c1-11-3-4-12(2)13(9-11)10-16(19)18-15-7-5-14(17)6-8-15/h3-9H,10H2,1-2H3,(H,18,19). The summed E-state index contributed by atoms with van der Waals surface area (Å²) in [6, 6.07) is 13.3. The number of rotatable bonds is 3. The largest absolute Gasteiger partial charge is 0.326 e. The second-order valence-corrected chi connectivity index (χ2v) is 5.10. The molecule has 3 heteroatoms. The van der Waals surface area contributed by atoms with Crippen LogP contribution in [0.25, 0.3) is 0 Å². The van der Waals surface area contributed by atoms with E-state index >= 15 is 0 Å². The van der Waals surface area contributed by atoms with Crippen LogP contribution in [0, 0.1) is 13.8 Å². The predicted octanol–water partition coefficient (Wildman–Crippen LogP) is 4.14. The van der Waals surface area contributed by atoms with Crippen LogP contribution >= 0.6 is 11.6 Å². The van der Waals surface area contributed by atoms with Crippen LogP contribution < -0.4 is 5.32 Å². The quantitative estimate of drug-likeness (QED) is 0.895. The molecule has 0 bridgehead atoms. The first-order chi connectivity index (χ1) is 9.04. The number of carbonyl (C=O) groups is 1. The number of nitrogens with one attached hydrogen (secondary N) is 1. The van der Waals surface area contributed by atoms with Gasteiger partial charge in [-0.2, -0.15) is 0 Å². The second kappa shape index (κ2) is 5.89. The zero-order valence-corrected chi connectivity index (χ0v) is 11.8. The molecule has 2 aromatic rings. The van der Waals surface area contributed by atoms with E-state index < -0.39 is 0 Å². The van der Waals surface area contributed by atoms with Gasteiger partial charge in [0.1, 0.15) is 0 Å². The molecular weight excluding hydrogens is 258 g/mol. The van der Waals surface area contributed by atoms with Gasteiger partial charge in [0.05, 0.1) is 6.42 Å². The monoisotopic (exact) mass is 273 g/mol. The Kier molecular flexibility index (Phi) is 4.23. The van der Waals surface area contributed by atoms with Crippen molar-refractivity contribution in [1.82, 2.24) is 0 Å². The topological polar surface area (TPSA) is 29.1 Å². The van der Waals surface area contributed by atoms with Crippen LogP contribution in [0.1, 0.15) is 16.7 Å². The summed E-state index contributed by atoms with van der Waals surface area (Å²) in [6.45, 7) is 4.05. The molecule has 98 valence electrons. The number of anilines is 1. The number of benzene rings is 2. The molecule has 0 unspecified atom stereocenters. The van der Waals surface area contributed by atoms with Crippen molar-refractivity contribution in [2.45, 2.75) is 20.3 Å². The third-order valence-electron chi connectivity index (χ3n) is 2.98. The molecule has 0 heterocycles. The molecule has 0 atom stereocenters. The average molecular weight is 274 g/mol. The highest BCUT2D eigenvalue weighted by atomic mass is 35.5. The van der Waals surface area contributed by atoms with E-state index in [1.165, 1.54) is 5.56 Å². The number of halogens is 1. The number of carbonyl (C=O) groups excluding carboxylic acids is 1. The van der Waals surface area contributed by atoms with Crippen molar-refractivity contribution >= 4 is 23.2 Å². The predicted molar refractivity (Wildman–Crippen MR) is 79.7 cm³/mol. The zero-order chi connectivity index (χ0) is 13.8. The van der Waals surface area contributed by atoms with Crippen LogP contribution in [0.3, 0.4) is 0 Å². The number of hydrogen-bond donors (Lipinski definition) is 1. The molecule has 0 spiro atoms. The van der Waals surface area contributed by atoms with E-state index in [0.717, 1.165) is 16.8 Å². The molecule has 0 aromatic heterocycles. The zero-order valence-electron chi connectivity index (χ0n) is 11.0. The third-order valence-corrected chi connectivity index (χ3v) is 3.24. The van der Waals surface area contributed by atoms with Gasteiger partial charge in [0.2, 0.25) is 5.91 Å². The highest BCUT2D eigenvalue weighted by Gasteiger charge is 2.06. The van der Waals surface area contributed by atoms with Crippen molar-refractivity contribution in [3.63, 3.8) is 0 Å². The van der Waals surface area contributed by atoms with Gasteiger partial charge < -0.3 is 5.32 Å². The Balaban J connectivity index is 2.05. The highest BCUT2D eigenvalue weighted by molar-refractivity contribution is 6.30. The molecular formula is C16H16ClNO. The minimum atomic E-state index is -0.0176. The average Bonchev–Trinajstić information content (AvgIpc) is 2.37. The Morgan fingerprint density at radius 2 is 1.79 bits per heavy atom. The van der Waals surface area contributed by atoms with Gasteiger partial charge in [-0.05, 0) is 49.2 Å². The van der Waals surface area contributed by atoms with Crippen LogP contribution in [0.5, 0.6) is 0 Å². The highest BCUT2D eigenvalue weighted by Crippen LogP contribution is 2.15. The minimum absolute atomic E-state index is 0.0176. The number of hydrogen-bond acceptors (Lipinski definition) is 1. The maximum atomic E-state index is 12.0. The molecule has 2 aromatic carbocycles. The fourth-order valence-electron chi connectivity index (χ4n) is 1.90. The summed E-state index contributed by atoms with van der Waals surface area (Å²) in [6.07, 6.45) is 0.385. The van der Waals surface area contributed by atoms with E-state index in [4.69, 9.17) is 11.6 Å². The molecule has 1 N–H and O–H groups in total. The summed E-state index contributed by atoms with van der Waals surface area (Å²) < 4.78 is 0. The van der Waals surface area contributed by atoms with Crippen LogP contribution in [0.2, 0.25) is 5.02 Å². The summed E-state index contributed by atoms with van der Waals surface area (Å²) >= 11 is 5.80.